The zero-order valence-electron chi connectivity index (χ0n) is 13.9. The molecule has 5 nitrogen and oxygen atoms in total. The summed E-state index contributed by atoms with van der Waals surface area (Å²) in [5.74, 6) is 1.17. The van der Waals surface area contributed by atoms with Crippen molar-refractivity contribution < 1.29 is 9.59 Å². The largest absolute Gasteiger partial charge is 0.347 e. The van der Waals surface area contributed by atoms with Gasteiger partial charge in [-0.25, -0.2) is 0 Å². The molecule has 2 aliphatic rings. The standard InChI is InChI=1S/C17H31N3O2/c1-13-7-8-20(15(9-13)11-18)17(22)12-19-16(21)10-14-5-3-2-4-6-14/h13-15H,2-12,18H2,1H3,(H,19,21). The molecule has 1 heterocycles. The average Bonchev–Trinajstić information content (AvgIpc) is 2.53. The van der Waals surface area contributed by atoms with Crippen LogP contribution in [0.3, 0.4) is 0 Å². The van der Waals surface area contributed by atoms with Gasteiger partial charge in [-0.15, -0.1) is 0 Å². The molecule has 0 aromatic carbocycles. The van der Waals surface area contributed by atoms with E-state index in [1.165, 1.54) is 19.3 Å². The number of likely N-dealkylation sites (tertiary alicyclic amines) is 1. The number of carbonyl (C=O) groups excluding carboxylic acids is 2. The van der Waals surface area contributed by atoms with E-state index in [2.05, 4.69) is 12.2 Å². The third kappa shape index (κ3) is 4.97. The number of nitrogens with zero attached hydrogens (tertiary/aromatic N) is 1. The van der Waals surface area contributed by atoms with Gasteiger partial charge in [0.1, 0.15) is 0 Å². The molecule has 0 bridgehead atoms. The maximum atomic E-state index is 12.3. The molecule has 2 atom stereocenters. The number of nitrogens with one attached hydrogen (secondary N) is 1. The lowest BCUT2D eigenvalue weighted by atomic mass is 9.87. The summed E-state index contributed by atoms with van der Waals surface area (Å²) in [5, 5.41) is 2.81. The van der Waals surface area contributed by atoms with Crippen molar-refractivity contribution >= 4 is 11.8 Å². The van der Waals surface area contributed by atoms with Crippen LogP contribution in [0.15, 0.2) is 0 Å². The van der Waals surface area contributed by atoms with Crippen LogP contribution in [0.25, 0.3) is 0 Å². The zero-order chi connectivity index (χ0) is 15.9. The van der Waals surface area contributed by atoms with Crippen LogP contribution in [0.2, 0.25) is 0 Å². The normalized spacial score (nSPS) is 26.7. The molecule has 1 aliphatic heterocycles. The van der Waals surface area contributed by atoms with E-state index in [-0.39, 0.29) is 24.4 Å². The second-order valence-electron chi connectivity index (χ2n) is 7.09. The topological polar surface area (TPSA) is 75.4 Å². The highest BCUT2D eigenvalue weighted by Crippen LogP contribution is 2.26. The quantitative estimate of drug-likeness (QED) is 0.811. The second-order valence-corrected chi connectivity index (χ2v) is 7.09. The third-order valence-electron chi connectivity index (χ3n) is 5.21. The Balaban J connectivity index is 1.73. The predicted molar refractivity (Wildman–Crippen MR) is 87.2 cm³/mol. The first-order valence-corrected chi connectivity index (χ1v) is 8.86. The Morgan fingerprint density at radius 3 is 2.59 bits per heavy atom. The average molecular weight is 309 g/mol. The van der Waals surface area contributed by atoms with E-state index in [4.69, 9.17) is 5.73 Å². The maximum Gasteiger partial charge on any atom is 0.242 e. The lowest BCUT2D eigenvalue weighted by Crippen LogP contribution is -2.52. The highest BCUT2D eigenvalue weighted by Gasteiger charge is 2.29. The number of rotatable bonds is 5. The highest BCUT2D eigenvalue weighted by atomic mass is 16.2. The molecule has 1 aliphatic carbocycles. The van der Waals surface area contributed by atoms with Gasteiger partial charge in [0.05, 0.1) is 6.54 Å². The van der Waals surface area contributed by atoms with Gasteiger partial charge in [0.15, 0.2) is 0 Å². The van der Waals surface area contributed by atoms with E-state index < -0.39 is 0 Å². The lowest BCUT2D eigenvalue weighted by molar-refractivity contribution is -0.136. The van der Waals surface area contributed by atoms with Gasteiger partial charge in [0.2, 0.25) is 11.8 Å². The zero-order valence-corrected chi connectivity index (χ0v) is 13.9. The van der Waals surface area contributed by atoms with E-state index in [0.717, 1.165) is 32.2 Å². The Labute approximate surface area is 134 Å². The smallest absolute Gasteiger partial charge is 0.242 e. The fourth-order valence-electron chi connectivity index (χ4n) is 3.80. The number of nitrogens with two attached hydrogens (primary N) is 1. The molecule has 2 fully saturated rings. The number of amides is 2. The Morgan fingerprint density at radius 2 is 1.91 bits per heavy atom. The van der Waals surface area contributed by atoms with Crippen LogP contribution in [0.4, 0.5) is 0 Å². The first-order valence-electron chi connectivity index (χ1n) is 8.86. The van der Waals surface area contributed by atoms with Crippen LogP contribution >= 0.6 is 0 Å². The molecule has 3 N–H and O–H groups in total. The molecule has 2 unspecified atom stereocenters. The number of carbonyl (C=O) groups is 2. The minimum Gasteiger partial charge on any atom is -0.347 e. The van der Waals surface area contributed by atoms with E-state index in [1.807, 2.05) is 4.90 Å². The molecule has 0 aromatic rings. The SMILES string of the molecule is CC1CCN(C(=O)CNC(=O)CC2CCCCC2)C(CN)C1. The highest BCUT2D eigenvalue weighted by molar-refractivity contribution is 5.85. The van der Waals surface area contributed by atoms with Gasteiger partial charge in [-0.3, -0.25) is 9.59 Å². The summed E-state index contributed by atoms with van der Waals surface area (Å²) < 4.78 is 0. The van der Waals surface area contributed by atoms with Crippen molar-refractivity contribution in [3.05, 3.63) is 0 Å². The monoisotopic (exact) mass is 309 g/mol. The lowest BCUT2D eigenvalue weighted by Gasteiger charge is -2.38. The maximum absolute atomic E-state index is 12.3. The molecule has 5 heteroatoms. The van der Waals surface area contributed by atoms with E-state index in [1.54, 1.807) is 0 Å². The van der Waals surface area contributed by atoms with Gasteiger partial charge in [-0.1, -0.05) is 26.2 Å². The molecule has 0 spiro atoms. The number of hydrogen-bond acceptors (Lipinski definition) is 3. The van der Waals surface area contributed by atoms with Crippen LogP contribution in [0.5, 0.6) is 0 Å². The predicted octanol–water partition coefficient (Wildman–Crippen LogP) is 1.66. The van der Waals surface area contributed by atoms with E-state index >= 15 is 0 Å². The van der Waals surface area contributed by atoms with Gasteiger partial charge in [-0.05, 0) is 37.5 Å². The van der Waals surface area contributed by atoms with Crippen LogP contribution < -0.4 is 11.1 Å². The van der Waals surface area contributed by atoms with Crippen molar-refractivity contribution in [2.24, 2.45) is 17.6 Å². The molecule has 22 heavy (non-hydrogen) atoms. The minimum atomic E-state index is 0.0133. The second kappa shape index (κ2) is 8.51. The Morgan fingerprint density at radius 1 is 1.18 bits per heavy atom. The van der Waals surface area contributed by atoms with Gasteiger partial charge in [0, 0.05) is 25.6 Å². The van der Waals surface area contributed by atoms with Gasteiger partial charge < -0.3 is 16.0 Å². The summed E-state index contributed by atoms with van der Waals surface area (Å²) >= 11 is 0. The van der Waals surface area contributed by atoms with Crippen LogP contribution in [-0.4, -0.2) is 42.4 Å². The summed E-state index contributed by atoms with van der Waals surface area (Å²) in [5.41, 5.74) is 5.79. The first kappa shape index (κ1) is 17.3. The molecular weight excluding hydrogens is 278 g/mol. The molecular formula is C17H31N3O2. The molecule has 2 amide bonds. The van der Waals surface area contributed by atoms with Crippen molar-refractivity contribution in [3.8, 4) is 0 Å². The summed E-state index contributed by atoms with van der Waals surface area (Å²) in [6.45, 7) is 3.60. The van der Waals surface area contributed by atoms with Crippen molar-refractivity contribution in [2.75, 3.05) is 19.6 Å². The Hall–Kier alpha value is -1.10. The Kier molecular flexibility index (Phi) is 6.68. The minimum absolute atomic E-state index is 0.0133. The summed E-state index contributed by atoms with van der Waals surface area (Å²) in [6, 6.07) is 0.131. The third-order valence-corrected chi connectivity index (χ3v) is 5.21. The summed E-state index contributed by atoms with van der Waals surface area (Å²) in [4.78, 5) is 26.2. The van der Waals surface area contributed by atoms with Gasteiger partial charge in [0.25, 0.3) is 0 Å². The van der Waals surface area contributed by atoms with Crippen LogP contribution in [0, 0.1) is 11.8 Å². The summed E-state index contributed by atoms with van der Waals surface area (Å²) in [6.07, 6.45) is 8.65. The van der Waals surface area contributed by atoms with Crippen molar-refractivity contribution in [1.82, 2.24) is 10.2 Å². The van der Waals surface area contributed by atoms with Crippen LogP contribution in [0.1, 0.15) is 58.3 Å². The number of hydrogen-bond donors (Lipinski definition) is 2. The van der Waals surface area contributed by atoms with Crippen molar-refractivity contribution in [2.45, 2.75) is 64.3 Å². The fourth-order valence-corrected chi connectivity index (χ4v) is 3.80. The van der Waals surface area contributed by atoms with E-state index in [9.17, 15) is 9.59 Å². The molecule has 1 saturated heterocycles. The molecule has 1 saturated carbocycles. The van der Waals surface area contributed by atoms with Gasteiger partial charge in [-0.2, -0.15) is 0 Å². The van der Waals surface area contributed by atoms with Crippen molar-refractivity contribution in [3.63, 3.8) is 0 Å². The molecule has 0 aromatic heterocycles. The van der Waals surface area contributed by atoms with E-state index in [0.29, 0.717) is 24.8 Å². The Bertz CT molecular complexity index is 380. The molecule has 0 radical (unpaired) electrons. The van der Waals surface area contributed by atoms with Crippen molar-refractivity contribution in [1.29, 1.82) is 0 Å². The molecule has 2 rings (SSSR count). The molecule has 126 valence electrons. The number of piperidine rings is 1. The fraction of sp³-hybridized carbons (Fsp3) is 0.882. The van der Waals surface area contributed by atoms with Crippen LogP contribution in [-0.2, 0) is 9.59 Å². The summed E-state index contributed by atoms with van der Waals surface area (Å²) in [7, 11) is 0. The van der Waals surface area contributed by atoms with Gasteiger partial charge >= 0.3 is 0 Å². The first-order chi connectivity index (χ1) is 10.6.